The van der Waals surface area contributed by atoms with E-state index in [-0.39, 0.29) is 11.5 Å². The average molecular weight is 292 g/mol. The van der Waals surface area contributed by atoms with E-state index in [0.29, 0.717) is 24.2 Å². The molecular formula is C14H16N2O3S. The molecule has 1 atom stereocenters. The normalized spacial score (nSPS) is 18.0. The standard InChI is InChI=1S/C14H16N2O3S/c1-3-19-14(18)9-5-4-6-10-15-12-11(8(2)7-20-12)13(17)16(9)10/h7,9H,3-6H2,1-2H3. The summed E-state index contributed by atoms with van der Waals surface area (Å²) in [6.07, 6.45) is 2.23. The summed E-state index contributed by atoms with van der Waals surface area (Å²) in [5, 5.41) is 2.57. The minimum absolute atomic E-state index is 0.110. The monoisotopic (exact) mass is 292 g/mol. The molecule has 1 aliphatic heterocycles. The lowest BCUT2D eigenvalue weighted by atomic mass is 10.0. The molecular weight excluding hydrogens is 276 g/mol. The fourth-order valence-corrected chi connectivity index (χ4v) is 3.65. The Morgan fingerprint density at radius 2 is 2.40 bits per heavy atom. The summed E-state index contributed by atoms with van der Waals surface area (Å²) in [6.45, 7) is 4.00. The topological polar surface area (TPSA) is 61.2 Å². The van der Waals surface area contributed by atoms with Crippen LogP contribution in [0, 0.1) is 6.92 Å². The number of carbonyl (C=O) groups is 1. The van der Waals surface area contributed by atoms with Gasteiger partial charge in [-0.15, -0.1) is 11.3 Å². The molecule has 5 nitrogen and oxygen atoms in total. The minimum atomic E-state index is -0.526. The van der Waals surface area contributed by atoms with Crippen LogP contribution in [0.25, 0.3) is 10.2 Å². The smallest absolute Gasteiger partial charge is 0.329 e. The first-order chi connectivity index (χ1) is 9.63. The zero-order valence-corrected chi connectivity index (χ0v) is 12.3. The van der Waals surface area contributed by atoms with Gasteiger partial charge in [-0.3, -0.25) is 9.36 Å². The summed E-state index contributed by atoms with van der Waals surface area (Å²) >= 11 is 1.48. The third-order valence-corrected chi connectivity index (χ3v) is 4.64. The highest BCUT2D eigenvalue weighted by Gasteiger charge is 2.30. The van der Waals surface area contributed by atoms with Gasteiger partial charge < -0.3 is 4.74 Å². The zero-order chi connectivity index (χ0) is 14.3. The lowest BCUT2D eigenvalue weighted by molar-refractivity contribution is -0.147. The average Bonchev–Trinajstić information content (AvgIpc) is 2.80. The molecule has 0 radical (unpaired) electrons. The van der Waals surface area contributed by atoms with Crippen molar-refractivity contribution in [3.63, 3.8) is 0 Å². The Balaban J connectivity index is 2.21. The van der Waals surface area contributed by atoms with E-state index in [0.717, 1.165) is 23.2 Å². The van der Waals surface area contributed by atoms with Gasteiger partial charge in [0.25, 0.3) is 5.56 Å². The molecule has 1 aliphatic rings. The predicted molar refractivity (Wildman–Crippen MR) is 77.2 cm³/mol. The van der Waals surface area contributed by atoms with Crippen LogP contribution in [-0.4, -0.2) is 22.1 Å². The van der Waals surface area contributed by atoms with E-state index in [1.807, 2.05) is 12.3 Å². The van der Waals surface area contributed by atoms with Crippen molar-refractivity contribution in [2.45, 2.75) is 39.2 Å². The number of thiophene rings is 1. The summed E-state index contributed by atoms with van der Waals surface area (Å²) in [7, 11) is 0. The summed E-state index contributed by atoms with van der Waals surface area (Å²) in [5.74, 6) is 0.373. The summed E-state index contributed by atoms with van der Waals surface area (Å²) in [5.41, 5.74) is 0.812. The molecule has 2 aromatic rings. The number of carbonyl (C=O) groups excluding carboxylic acids is 1. The van der Waals surface area contributed by atoms with Gasteiger partial charge in [0.05, 0.1) is 12.0 Å². The van der Waals surface area contributed by atoms with Crippen molar-refractivity contribution in [2.75, 3.05) is 6.61 Å². The molecule has 0 aliphatic carbocycles. The van der Waals surface area contributed by atoms with E-state index in [9.17, 15) is 9.59 Å². The van der Waals surface area contributed by atoms with E-state index in [1.54, 1.807) is 11.5 Å². The van der Waals surface area contributed by atoms with Crippen molar-refractivity contribution < 1.29 is 9.53 Å². The minimum Gasteiger partial charge on any atom is -0.464 e. The summed E-state index contributed by atoms with van der Waals surface area (Å²) in [4.78, 5) is 30.1. The fraction of sp³-hybridized carbons (Fsp3) is 0.500. The maximum atomic E-state index is 12.7. The lowest BCUT2D eigenvalue weighted by Crippen LogP contribution is -2.37. The Morgan fingerprint density at radius 3 is 3.15 bits per heavy atom. The number of nitrogens with zero attached hydrogens (tertiary/aromatic N) is 2. The molecule has 20 heavy (non-hydrogen) atoms. The van der Waals surface area contributed by atoms with Crippen LogP contribution in [0.2, 0.25) is 0 Å². The van der Waals surface area contributed by atoms with Gasteiger partial charge in [-0.2, -0.15) is 0 Å². The largest absolute Gasteiger partial charge is 0.464 e. The number of rotatable bonds is 2. The second-order valence-electron chi connectivity index (χ2n) is 4.96. The van der Waals surface area contributed by atoms with Crippen LogP contribution < -0.4 is 5.56 Å². The molecule has 0 spiro atoms. The Kier molecular flexibility index (Phi) is 3.33. The maximum absolute atomic E-state index is 12.7. The molecule has 106 valence electrons. The highest BCUT2D eigenvalue weighted by molar-refractivity contribution is 7.16. The third-order valence-electron chi connectivity index (χ3n) is 3.65. The van der Waals surface area contributed by atoms with Gasteiger partial charge in [-0.1, -0.05) is 0 Å². The SMILES string of the molecule is CCOC(=O)C1CCCc2nc3scc(C)c3c(=O)n21. The van der Waals surface area contributed by atoms with E-state index >= 15 is 0 Å². The van der Waals surface area contributed by atoms with Crippen molar-refractivity contribution in [3.8, 4) is 0 Å². The van der Waals surface area contributed by atoms with Gasteiger partial charge in [-0.25, -0.2) is 9.78 Å². The van der Waals surface area contributed by atoms with Crippen molar-refractivity contribution in [3.05, 3.63) is 27.1 Å². The number of ether oxygens (including phenoxy) is 1. The molecule has 0 saturated heterocycles. The molecule has 0 N–H and O–H groups in total. The molecule has 1 unspecified atom stereocenters. The molecule has 0 aromatic carbocycles. The van der Waals surface area contributed by atoms with Gasteiger partial charge >= 0.3 is 5.97 Å². The molecule has 3 heterocycles. The maximum Gasteiger partial charge on any atom is 0.329 e. The van der Waals surface area contributed by atoms with E-state index in [4.69, 9.17) is 4.74 Å². The molecule has 0 amide bonds. The zero-order valence-electron chi connectivity index (χ0n) is 11.5. The van der Waals surface area contributed by atoms with Gasteiger partial charge in [0, 0.05) is 6.42 Å². The van der Waals surface area contributed by atoms with Gasteiger partial charge in [0.1, 0.15) is 16.7 Å². The first-order valence-corrected chi connectivity index (χ1v) is 7.67. The molecule has 3 rings (SSSR count). The number of fused-ring (bicyclic) bond motifs is 2. The summed E-state index contributed by atoms with van der Waals surface area (Å²) < 4.78 is 6.64. The Bertz CT molecular complexity index is 732. The Hall–Kier alpha value is -1.69. The first-order valence-electron chi connectivity index (χ1n) is 6.79. The second-order valence-corrected chi connectivity index (χ2v) is 5.82. The third kappa shape index (κ3) is 1.95. The first kappa shape index (κ1) is 13.3. The number of hydrogen-bond acceptors (Lipinski definition) is 5. The van der Waals surface area contributed by atoms with Crippen molar-refractivity contribution >= 4 is 27.5 Å². The van der Waals surface area contributed by atoms with Crippen LogP contribution in [0.1, 0.15) is 37.2 Å². The van der Waals surface area contributed by atoms with E-state index < -0.39 is 6.04 Å². The summed E-state index contributed by atoms with van der Waals surface area (Å²) in [6, 6.07) is -0.526. The van der Waals surface area contributed by atoms with Crippen LogP contribution in [0.5, 0.6) is 0 Å². The highest BCUT2D eigenvalue weighted by Crippen LogP contribution is 2.27. The number of aromatic nitrogens is 2. The van der Waals surface area contributed by atoms with Gasteiger partial charge in [0.15, 0.2) is 0 Å². The Labute approximate surface area is 120 Å². The van der Waals surface area contributed by atoms with Crippen LogP contribution in [0.4, 0.5) is 0 Å². The number of hydrogen-bond donors (Lipinski definition) is 0. The van der Waals surface area contributed by atoms with Gasteiger partial charge in [-0.05, 0) is 37.6 Å². The van der Waals surface area contributed by atoms with Crippen molar-refractivity contribution in [1.82, 2.24) is 9.55 Å². The Morgan fingerprint density at radius 1 is 1.60 bits per heavy atom. The molecule has 0 fully saturated rings. The quantitative estimate of drug-likeness (QED) is 0.796. The van der Waals surface area contributed by atoms with E-state index in [1.165, 1.54) is 11.3 Å². The second kappa shape index (κ2) is 5.01. The van der Waals surface area contributed by atoms with Crippen LogP contribution >= 0.6 is 11.3 Å². The van der Waals surface area contributed by atoms with Crippen LogP contribution in [0.3, 0.4) is 0 Å². The highest BCUT2D eigenvalue weighted by atomic mass is 32.1. The molecule has 0 saturated carbocycles. The van der Waals surface area contributed by atoms with E-state index in [2.05, 4.69) is 4.98 Å². The van der Waals surface area contributed by atoms with Crippen LogP contribution in [0.15, 0.2) is 10.2 Å². The number of aryl methyl sites for hydroxylation is 2. The molecule has 2 aromatic heterocycles. The lowest BCUT2D eigenvalue weighted by Gasteiger charge is -2.25. The molecule has 0 bridgehead atoms. The van der Waals surface area contributed by atoms with Crippen molar-refractivity contribution in [2.24, 2.45) is 0 Å². The number of esters is 1. The fourth-order valence-electron chi connectivity index (χ4n) is 2.72. The predicted octanol–water partition coefficient (Wildman–Crippen LogP) is 2.21. The van der Waals surface area contributed by atoms with Crippen LogP contribution in [-0.2, 0) is 16.0 Å². The van der Waals surface area contributed by atoms with Gasteiger partial charge in [0.2, 0.25) is 0 Å². The van der Waals surface area contributed by atoms with Crippen molar-refractivity contribution in [1.29, 1.82) is 0 Å². The molecule has 6 heteroatoms.